The summed E-state index contributed by atoms with van der Waals surface area (Å²) in [6.07, 6.45) is 0.933. The van der Waals surface area contributed by atoms with Gasteiger partial charge in [-0.3, -0.25) is 0 Å². The molecule has 0 N–H and O–H groups in total. The van der Waals surface area contributed by atoms with Crippen LogP contribution in [0.15, 0.2) is 12.3 Å². The molecule has 0 fully saturated rings. The summed E-state index contributed by atoms with van der Waals surface area (Å²) in [6, 6.07) is 1.17. The van der Waals surface area contributed by atoms with Crippen LogP contribution in [0.3, 0.4) is 0 Å². The van der Waals surface area contributed by atoms with Crippen LogP contribution >= 0.6 is 34.2 Å². The van der Waals surface area contributed by atoms with Crippen molar-refractivity contribution in [1.82, 2.24) is 4.98 Å². The average Bonchev–Trinajstić information content (AvgIpc) is 2.38. The zero-order valence-corrected chi connectivity index (χ0v) is 11.7. The van der Waals surface area contributed by atoms with Gasteiger partial charge in [0.1, 0.15) is 5.15 Å². The molecule has 0 aliphatic rings. The Kier molecular flexibility index (Phi) is 3.95. The summed E-state index contributed by atoms with van der Waals surface area (Å²) in [4.78, 5) is 3.60. The van der Waals surface area contributed by atoms with E-state index in [9.17, 15) is 22.0 Å². The Morgan fingerprint density at radius 2 is 1.37 bits per heavy atom. The van der Waals surface area contributed by atoms with Crippen LogP contribution in [0.4, 0.5) is 22.0 Å². The van der Waals surface area contributed by atoms with Gasteiger partial charge in [-0.2, -0.15) is 0 Å². The maximum atomic E-state index is 13.5. The molecule has 0 unspecified atom stereocenters. The van der Waals surface area contributed by atoms with E-state index in [1.165, 1.54) is 6.07 Å². The van der Waals surface area contributed by atoms with Gasteiger partial charge in [-0.1, -0.05) is 11.6 Å². The zero-order chi connectivity index (χ0) is 14.3. The summed E-state index contributed by atoms with van der Waals surface area (Å²) in [7, 11) is 0. The van der Waals surface area contributed by atoms with Crippen molar-refractivity contribution in [3.05, 3.63) is 50.1 Å². The quantitative estimate of drug-likeness (QED) is 0.220. The van der Waals surface area contributed by atoms with E-state index in [-0.39, 0.29) is 10.7 Å². The van der Waals surface area contributed by atoms with Crippen LogP contribution < -0.4 is 0 Å². The third-order valence-corrected chi connectivity index (χ3v) is 3.74. The van der Waals surface area contributed by atoms with Crippen LogP contribution in [0.5, 0.6) is 0 Å². The zero-order valence-electron chi connectivity index (χ0n) is 8.75. The summed E-state index contributed by atoms with van der Waals surface area (Å²) < 4.78 is 66.4. The van der Waals surface area contributed by atoms with E-state index in [1.54, 1.807) is 22.6 Å². The van der Waals surface area contributed by atoms with Crippen molar-refractivity contribution in [2.24, 2.45) is 0 Å². The van der Waals surface area contributed by atoms with Crippen molar-refractivity contribution in [1.29, 1.82) is 0 Å². The fourth-order valence-electron chi connectivity index (χ4n) is 1.42. The lowest BCUT2D eigenvalue weighted by Crippen LogP contribution is -2.04. The van der Waals surface area contributed by atoms with Gasteiger partial charge in [0.05, 0.1) is 9.13 Å². The van der Waals surface area contributed by atoms with Gasteiger partial charge in [0, 0.05) is 11.8 Å². The second-order valence-corrected chi connectivity index (χ2v) is 4.96. The molecule has 2 aromatic rings. The molecule has 0 radical (unpaired) electrons. The highest BCUT2D eigenvalue weighted by molar-refractivity contribution is 14.1. The molecule has 0 aliphatic carbocycles. The van der Waals surface area contributed by atoms with Gasteiger partial charge in [-0.05, 0) is 28.7 Å². The van der Waals surface area contributed by atoms with Gasteiger partial charge in [0.25, 0.3) is 0 Å². The van der Waals surface area contributed by atoms with Crippen molar-refractivity contribution in [2.75, 3.05) is 0 Å². The molecule has 19 heavy (non-hydrogen) atoms. The first-order valence-electron chi connectivity index (χ1n) is 4.67. The number of aromatic nitrogens is 1. The molecule has 1 nitrogen and oxygen atoms in total. The standard InChI is InChI=1S/C11H2ClF5IN/c12-11-4(18)1-3(2-19-11)5-6(13)8(15)10(17)9(16)7(5)14/h1-2H. The number of nitrogens with zero attached hydrogens (tertiary/aromatic N) is 1. The molecule has 1 aromatic heterocycles. The summed E-state index contributed by atoms with van der Waals surface area (Å²) >= 11 is 7.34. The van der Waals surface area contributed by atoms with Gasteiger partial charge in [0.15, 0.2) is 23.3 Å². The van der Waals surface area contributed by atoms with E-state index >= 15 is 0 Å². The Morgan fingerprint density at radius 1 is 0.895 bits per heavy atom. The molecule has 0 saturated heterocycles. The van der Waals surface area contributed by atoms with Crippen molar-refractivity contribution < 1.29 is 22.0 Å². The lowest BCUT2D eigenvalue weighted by molar-refractivity contribution is 0.381. The second kappa shape index (κ2) is 5.20. The van der Waals surface area contributed by atoms with Gasteiger partial charge >= 0.3 is 0 Å². The molecule has 100 valence electrons. The van der Waals surface area contributed by atoms with Crippen LogP contribution in [0.2, 0.25) is 5.15 Å². The first kappa shape index (κ1) is 14.4. The van der Waals surface area contributed by atoms with Crippen LogP contribution in [-0.2, 0) is 0 Å². The topological polar surface area (TPSA) is 12.9 Å². The van der Waals surface area contributed by atoms with Crippen molar-refractivity contribution in [3.63, 3.8) is 0 Å². The smallest absolute Gasteiger partial charge is 0.200 e. The summed E-state index contributed by atoms with van der Waals surface area (Å²) in [5.41, 5.74) is -1.28. The first-order chi connectivity index (χ1) is 8.84. The molecule has 1 aromatic carbocycles. The second-order valence-electron chi connectivity index (χ2n) is 3.44. The predicted molar refractivity (Wildman–Crippen MR) is 67.2 cm³/mol. The molecule has 0 saturated carbocycles. The van der Waals surface area contributed by atoms with E-state index in [0.717, 1.165) is 6.20 Å². The largest absolute Gasteiger partial charge is 0.243 e. The Morgan fingerprint density at radius 3 is 1.84 bits per heavy atom. The summed E-state index contributed by atoms with van der Waals surface area (Å²) in [5, 5.41) is 0.0632. The van der Waals surface area contributed by atoms with Crippen molar-refractivity contribution >= 4 is 34.2 Å². The van der Waals surface area contributed by atoms with Gasteiger partial charge in [0.2, 0.25) is 5.82 Å². The number of hydrogen-bond acceptors (Lipinski definition) is 1. The number of pyridine rings is 1. The summed E-state index contributed by atoms with van der Waals surface area (Å²) in [6.45, 7) is 0. The third-order valence-electron chi connectivity index (χ3n) is 2.29. The Labute approximate surface area is 122 Å². The van der Waals surface area contributed by atoms with Crippen molar-refractivity contribution in [3.8, 4) is 11.1 Å². The first-order valence-corrected chi connectivity index (χ1v) is 6.13. The molecule has 0 atom stereocenters. The van der Waals surface area contributed by atoms with Crippen LogP contribution in [0.25, 0.3) is 11.1 Å². The van der Waals surface area contributed by atoms with Crippen LogP contribution in [-0.4, -0.2) is 4.98 Å². The Bertz CT molecular complexity index is 648. The minimum absolute atomic E-state index is 0.0632. The number of hydrogen-bond donors (Lipinski definition) is 0. The predicted octanol–water partition coefficient (Wildman–Crippen LogP) is 4.70. The Hall–Kier alpha value is -0.960. The van der Waals surface area contributed by atoms with Gasteiger partial charge in [-0.25, -0.2) is 26.9 Å². The minimum Gasteiger partial charge on any atom is -0.243 e. The monoisotopic (exact) mass is 405 g/mol. The highest BCUT2D eigenvalue weighted by Gasteiger charge is 2.26. The van der Waals surface area contributed by atoms with E-state index < -0.39 is 34.6 Å². The lowest BCUT2D eigenvalue weighted by atomic mass is 10.1. The van der Waals surface area contributed by atoms with E-state index in [4.69, 9.17) is 11.6 Å². The fraction of sp³-hybridized carbons (Fsp3) is 0. The average molecular weight is 405 g/mol. The number of halogens is 7. The minimum atomic E-state index is -2.20. The molecule has 0 amide bonds. The molecule has 0 aliphatic heterocycles. The molecule has 1 heterocycles. The molecule has 0 spiro atoms. The molecule has 0 bridgehead atoms. The van der Waals surface area contributed by atoms with Gasteiger partial charge < -0.3 is 0 Å². The third kappa shape index (κ3) is 2.40. The van der Waals surface area contributed by atoms with E-state index in [1.807, 2.05) is 0 Å². The lowest BCUT2D eigenvalue weighted by Gasteiger charge is -2.08. The van der Waals surface area contributed by atoms with Gasteiger partial charge in [-0.15, -0.1) is 0 Å². The number of rotatable bonds is 1. The molecule has 2 rings (SSSR count). The highest BCUT2D eigenvalue weighted by Crippen LogP contribution is 2.32. The molecular weight excluding hydrogens is 403 g/mol. The van der Waals surface area contributed by atoms with Crippen LogP contribution in [0.1, 0.15) is 0 Å². The molecule has 8 heteroatoms. The number of benzene rings is 1. The molecular formula is C11H2ClF5IN. The van der Waals surface area contributed by atoms with Crippen LogP contribution in [0, 0.1) is 32.7 Å². The maximum Gasteiger partial charge on any atom is 0.200 e. The fourth-order valence-corrected chi connectivity index (χ4v) is 1.99. The van der Waals surface area contributed by atoms with E-state index in [2.05, 4.69) is 4.98 Å². The normalized spacial score (nSPS) is 10.9. The summed E-state index contributed by atoms with van der Waals surface area (Å²) in [5.74, 6) is -10.0. The van der Waals surface area contributed by atoms with E-state index in [0.29, 0.717) is 3.57 Å². The van der Waals surface area contributed by atoms with Crippen molar-refractivity contribution in [2.45, 2.75) is 0 Å². The highest BCUT2D eigenvalue weighted by atomic mass is 127. The maximum absolute atomic E-state index is 13.5. The SMILES string of the molecule is Fc1c(F)c(F)c(-c2cnc(Cl)c(I)c2)c(F)c1F. The Balaban J connectivity index is 2.79.